The highest BCUT2D eigenvalue weighted by molar-refractivity contribution is 5.93. The van der Waals surface area contributed by atoms with E-state index < -0.39 is 0 Å². The van der Waals surface area contributed by atoms with E-state index in [0.717, 1.165) is 25.7 Å². The fourth-order valence-electron chi connectivity index (χ4n) is 8.90. The van der Waals surface area contributed by atoms with Crippen molar-refractivity contribution in [3.8, 4) is 0 Å². The van der Waals surface area contributed by atoms with Gasteiger partial charge in [0.15, 0.2) is 0 Å². The zero-order valence-corrected chi connectivity index (χ0v) is 29.9. The highest BCUT2D eigenvalue weighted by Gasteiger charge is 2.50. The molecule has 2 saturated heterocycles. The normalized spacial score (nSPS) is 26.4. The van der Waals surface area contributed by atoms with E-state index in [2.05, 4.69) is 65.5 Å². The largest absolute Gasteiger partial charge is 0.459 e. The number of hydrogen-bond donors (Lipinski definition) is 0. The molecule has 8 nitrogen and oxygen atoms in total. The van der Waals surface area contributed by atoms with Crippen LogP contribution in [0.4, 0.5) is 0 Å². The molecule has 2 aliphatic heterocycles. The first kappa shape index (κ1) is 35.3. The number of ether oxygens (including phenoxy) is 2. The summed E-state index contributed by atoms with van der Waals surface area (Å²) < 4.78 is 12.1. The van der Waals surface area contributed by atoms with E-state index in [1.54, 1.807) is 24.3 Å². The lowest BCUT2D eigenvalue weighted by atomic mass is 9.80. The number of hydroxylamine groups is 4. The van der Waals surface area contributed by atoms with Gasteiger partial charge in [-0.2, -0.15) is 10.1 Å². The average molecular weight is 641 g/mol. The summed E-state index contributed by atoms with van der Waals surface area (Å²) in [5.41, 5.74) is -0.247. The minimum absolute atomic E-state index is 0.229. The fourth-order valence-corrected chi connectivity index (χ4v) is 8.90. The predicted octanol–water partition coefficient (Wildman–Crippen LogP) is 8.57. The number of piperidine rings is 2. The lowest BCUT2D eigenvalue weighted by Crippen LogP contribution is -2.63. The van der Waals surface area contributed by atoms with Crippen molar-refractivity contribution >= 4 is 11.9 Å². The van der Waals surface area contributed by atoms with Gasteiger partial charge in [0.25, 0.3) is 0 Å². The van der Waals surface area contributed by atoms with Crippen LogP contribution in [0, 0.1) is 0 Å². The van der Waals surface area contributed by atoms with Gasteiger partial charge in [0.05, 0.1) is 23.3 Å². The fraction of sp³-hybridized carbons (Fsp3) is 0.789. The van der Waals surface area contributed by atoms with E-state index in [9.17, 15) is 9.59 Å². The summed E-state index contributed by atoms with van der Waals surface area (Å²) >= 11 is 0. The Labute approximate surface area is 277 Å². The summed E-state index contributed by atoms with van der Waals surface area (Å²) in [5.74, 6) is -0.737. The molecule has 0 spiro atoms. The molecule has 2 aliphatic carbocycles. The second-order valence-corrected chi connectivity index (χ2v) is 17.0. The molecule has 0 N–H and O–H groups in total. The second-order valence-electron chi connectivity index (χ2n) is 17.0. The van der Waals surface area contributed by atoms with Crippen LogP contribution in [-0.2, 0) is 19.1 Å². The smallest absolute Gasteiger partial charge is 0.338 e. The van der Waals surface area contributed by atoms with Crippen LogP contribution in [0.3, 0.4) is 0 Å². The number of esters is 2. The van der Waals surface area contributed by atoms with E-state index in [-0.39, 0.29) is 58.5 Å². The summed E-state index contributed by atoms with van der Waals surface area (Å²) in [5, 5.41) is 4.35. The van der Waals surface area contributed by atoms with Crippen molar-refractivity contribution in [2.75, 3.05) is 0 Å². The van der Waals surface area contributed by atoms with Crippen LogP contribution in [0.15, 0.2) is 24.3 Å². The predicted molar refractivity (Wildman–Crippen MR) is 179 cm³/mol. The molecule has 1 aromatic carbocycles. The molecule has 0 unspecified atom stereocenters. The standard InChI is InChI=1S/C38H60N2O6/c1-35(2)23-31(24-36(3,4)39(35)45-29-15-11-9-12-16-29)43-33(41)27-19-21-28(22-20-27)34(42)44-32-25-37(5,6)40(38(7,8)26-32)46-30-17-13-10-14-18-30/h19-22,29-32H,9-18,23-26H2,1-8H3. The molecular weight excluding hydrogens is 580 g/mol. The molecule has 0 bridgehead atoms. The Balaban J connectivity index is 1.15. The highest BCUT2D eigenvalue weighted by Crippen LogP contribution is 2.43. The van der Waals surface area contributed by atoms with Gasteiger partial charge in [0.1, 0.15) is 12.2 Å². The minimum Gasteiger partial charge on any atom is -0.459 e. The number of benzene rings is 1. The molecule has 1 aromatic rings. The van der Waals surface area contributed by atoms with Gasteiger partial charge in [-0.25, -0.2) is 9.59 Å². The highest BCUT2D eigenvalue weighted by atomic mass is 16.7. The first-order valence-corrected chi connectivity index (χ1v) is 18.0. The van der Waals surface area contributed by atoms with Crippen LogP contribution in [0.25, 0.3) is 0 Å². The molecule has 4 aliphatic rings. The SMILES string of the molecule is CC1(C)CC(OC(=O)c2ccc(C(=O)OC3CC(C)(C)N(OC4CCCCC4)C(C)(C)C3)cc2)CC(C)(C)N1OC1CCCCC1. The lowest BCUT2D eigenvalue weighted by molar-refractivity contribution is -0.317. The number of carbonyl (C=O) groups is 2. The van der Waals surface area contributed by atoms with E-state index in [1.807, 2.05) is 0 Å². The van der Waals surface area contributed by atoms with Gasteiger partial charge in [-0.3, -0.25) is 9.68 Å². The minimum atomic E-state index is -0.369. The molecule has 8 heteroatoms. The number of rotatable bonds is 8. The van der Waals surface area contributed by atoms with Crippen LogP contribution in [-0.4, -0.2) is 68.6 Å². The van der Waals surface area contributed by atoms with Crippen molar-refractivity contribution in [3.05, 3.63) is 35.4 Å². The quantitative estimate of drug-likeness (QED) is 0.262. The third-order valence-corrected chi connectivity index (χ3v) is 10.6. The molecular formula is C38H60N2O6. The first-order valence-electron chi connectivity index (χ1n) is 18.0. The van der Waals surface area contributed by atoms with Gasteiger partial charge in [-0.05, 0) is 105 Å². The van der Waals surface area contributed by atoms with Gasteiger partial charge in [0, 0.05) is 47.8 Å². The van der Waals surface area contributed by atoms with Crippen LogP contribution in [0.5, 0.6) is 0 Å². The molecule has 2 saturated carbocycles. The molecule has 0 amide bonds. The zero-order valence-electron chi connectivity index (χ0n) is 29.9. The lowest BCUT2D eigenvalue weighted by Gasteiger charge is -2.54. The average Bonchev–Trinajstić information content (AvgIpc) is 2.97. The van der Waals surface area contributed by atoms with Gasteiger partial charge >= 0.3 is 11.9 Å². The number of hydrogen-bond acceptors (Lipinski definition) is 8. The number of carbonyl (C=O) groups excluding carboxylic acids is 2. The summed E-state index contributed by atoms with van der Waals surface area (Å²) in [6, 6.07) is 6.69. The van der Waals surface area contributed by atoms with Crippen LogP contribution in [0.2, 0.25) is 0 Å². The van der Waals surface area contributed by atoms with E-state index in [1.165, 1.54) is 38.5 Å². The summed E-state index contributed by atoms with van der Waals surface area (Å²) in [6.45, 7) is 17.4. The van der Waals surface area contributed by atoms with Crippen molar-refractivity contribution in [2.45, 2.75) is 192 Å². The summed E-state index contributed by atoms with van der Waals surface area (Å²) in [7, 11) is 0. The second kappa shape index (κ2) is 13.9. The van der Waals surface area contributed by atoms with E-state index in [4.69, 9.17) is 19.1 Å². The Kier molecular flexibility index (Phi) is 10.6. The van der Waals surface area contributed by atoms with Crippen LogP contribution < -0.4 is 0 Å². The molecule has 2 heterocycles. The maximum absolute atomic E-state index is 13.2. The van der Waals surface area contributed by atoms with Crippen molar-refractivity contribution < 1.29 is 28.7 Å². The van der Waals surface area contributed by atoms with Crippen molar-refractivity contribution in [3.63, 3.8) is 0 Å². The maximum Gasteiger partial charge on any atom is 0.338 e. The summed E-state index contributed by atoms with van der Waals surface area (Å²) in [6.07, 6.45) is 14.7. The number of nitrogens with zero attached hydrogens (tertiary/aromatic N) is 2. The van der Waals surface area contributed by atoms with Gasteiger partial charge in [0.2, 0.25) is 0 Å². The molecule has 0 atom stereocenters. The molecule has 0 aromatic heterocycles. The van der Waals surface area contributed by atoms with Crippen molar-refractivity contribution in [1.82, 2.24) is 10.1 Å². The van der Waals surface area contributed by atoms with Crippen molar-refractivity contribution in [1.29, 1.82) is 0 Å². The molecule has 4 fully saturated rings. The van der Waals surface area contributed by atoms with Crippen LogP contribution >= 0.6 is 0 Å². The zero-order chi connectivity index (χ0) is 33.3. The Hall–Kier alpha value is -2.00. The third-order valence-electron chi connectivity index (χ3n) is 10.6. The monoisotopic (exact) mass is 640 g/mol. The molecule has 5 rings (SSSR count). The molecule has 258 valence electrons. The van der Waals surface area contributed by atoms with Crippen molar-refractivity contribution in [2.24, 2.45) is 0 Å². The molecule has 0 radical (unpaired) electrons. The van der Waals surface area contributed by atoms with E-state index in [0.29, 0.717) is 36.8 Å². The van der Waals surface area contributed by atoms with Gasteiger partial charge in [-0.15, -0.1) is 0 Å². The van der Waals surface area contributed by atoms with Gasteiger partial charge in [-0.1, -0.05) is 38.5 Å². The van der Waals surface area contributed by atoms with E-state index >= 15 is 0 Å². The first-order chi connectivity index (χ1) is 21.6. The Morgan fingerprint density at radius 2 is 0.783 bits per heavy atom. The van der Waals surface area contributed by atoms with Gasteiger partial charge < -0.3 is 9.47 Å². The Morgan fingerprint density at radius 1 is 0.500 bits per heavy atom. The topological polar surface area (TPSA) is 77.5 Å². The summed E-state index contributed by atoms with van der Waals surface area (Å²) in [4.78, 5) is 39.7. The maximum atomic E-state index is 13.2. The van der Waals surface area contributed by atoms with Crippen LogP contribution in [0.1, 0.15) is 166 Å². The molecule has 46 heavy (non-hydrogen) atoms. The third kappa shape index (κ3) is 8.34. The Bertz CT molecular complexity index is 1070. The Morgan fingerprint density at radius 3 is 1.07 bits per heavy atom.